The Morgan fingerprint density at radius 2 is 1.09 bits per heavy atom. The molecule has 0 rings (SSSR count). The van der Waals surface area contributed by atoms with E-state index < -0.39 is 0 Å². The van der Waals surface area contributed by atoms with Crippen molar-refractivity contribution in [1.82, 2.24) is 0 Å². The number of unbranched alkanes of at least 4 members (excludes halogenated alkanes) is 2. The molecule has 0 aliphatic rings. The summed E-state index contributed by atoms with van der Waals surface area (Å²) < 4.78 is 0. The van der Waals surface area contributed by atoms with Gasteiger partial charge in [-0.05, 0) is 0 Å². The van der Waals surface area contributed by atoms with Crippen LogP contribution in [0.1, 0.15) is 39.5 Å². The van der Waals surface area contributed by atoms with Crippen molar-refractivity contribution >= 4 is 38.4 Å². The molecular formula is C8H18I2Ti-2. The molecule has 0 aliphatic carbocycles. The monoisotopic (exact) mass is 416 g/mol. The molecule has 0 nitrogen and oxygen atoms in total. The molecule has 0 atom stereocenters. The Bertz CT molecular complexity index is 27.3. The maximum absolute atomic E-state index is 3.60. The van der Waals surface area contributed by atoms with Crippen molar-refractivity contribution in [1.29, 1.82) is 0 Å². The fraction of sp³-hybridized carbons (Fsp3) is 0.750. The predicted molar refractivity (Wildman–Crippen MR) is 68.6 cm³/mol. The molecule has 0 spiro atoms. The number of hydrogen-bond donors (Lipinski definition) is 0. The Morgan fingerprint density at radius 3 is 1.09 bits per heavy atom. The number of hydrogen-bond acceptors (Lipinski definition) is 0. The normalized spacial score (nSPS) is 6.73. The molecule has 0 amide bonds. The van der Waals surface area contributed by atoms with E-state index in [1.54, 1.807) is 0 Å². The van der Waals surface area contributed by atoms with Crippen molar-refractivity contribution in [3.8, 4) is 0 Å². The summed E-state index contributed by atoms with van der Waals surface area (Å²) in [5.41, 5.74) is 0. The molecule has 0 aromatic carbocycles. The van der Waals surface area contributed by atoms with Crippen molar-refractivity contribution in [3.05, 3.63) is 13.8 Å². The summed E-state index contributed by atoms with van der Waals surface area (Å²) in [5.74, 6) is 0. The fourth-order valence-corrected chi connectivity index (χ4v) is 0. The van der Waals surface area contributed by atoms with Gasteiger partial charge in [-0.15, -0.1) is 0 Å². The van der Waals surface area contributed by atoms with E-state index in [0.717, 1.165) is 12.8 Å². The second-order valence-electron chi connectivity index (χ2n) is 1.78. The second-order valence-corrected chi connectivity index (χ2v) is 15.0. The van der Waals surface area contributed by atoms with Gasteiger partial charge in [-0.3, -0.25) is 0 Å². The van der Waals surface area contributed by atoms with Crippen molar-refractivity contribution < 1.29 is 11.7 Å². The molecule has 0 unspecified atom stereocenters. The molecule has 0 heterocycles. The first-order valence-corrected chi connectivity index (χ1v) is 13.9. The van der Waals surface area contributed by atoms with Crippen LogP contribution >= 0.6 is 38.4 Å². The van der Waals surface area contributed by atoms with E-state index in [0.29, 0.717) is 11.7 Å². The molecule has 0 N–H and O–H groups in total. The van der Waals surface area contributed by atoms with Gasteiger partial charge in [0.1, 0.15) is 0 Å². The standard InChI is InChI=1S/2C4H9.2HI.Ti/c2*1-3-4-2;;;/h2*1,3-4H2,2H3;2*1H;/q2*-1;;;+2/p-2. The van der Waals surface area contributed by atoms with Gasteiger partial charge >= 0.3 is 50.0 Å². The Kier molecular flexibility index (Phi) is 50.6. The Hall–Kier alpha value is 2.17. The summed E-state index contributed by atoms with van der Waals surface area (Å²) in [4.78, 5) is 0. The van der Waals surface area contributed by atoms with Crippen LogP contribution in [-0.2, 0) is 11.7 Å². The third-order valence-electron chi connectivity index (χ3n) is 0.707. The molecular weight excluding hydrogens is 398 g/mol. The van der Waals surface area contributed by atoms with Gasteiger partial charge in [0.05, 0.1) is 0 Å². The van der Waals surface area contributed by atoms with Crippen molar-refractivity contribution in [2.45, 2.75) is 39.5 Å². The molecule has 0 saturated carbocycles. The van der Waals surface area contributed by atoms with Crippen LogP contribution in [0.15, 0.2) is 0 Å². The van der Waals surface area contributed by atoms with E-state index in [-0.39, 0.29) is 0 Å². The molecule has 11 heavy (non-hydrogen) atoms. The predicted octanol–water partition coefficient (Wildman–Crippen LogP) is 5.01. The zero-order valence-corrected chi connectivity index (χ0v) is 13.4. The molecule has 0 fully saturated rings. The van der Waals surface area contributed by atoms with Gasteiger partial charge < -0.3 is 13.8 Å². The van der Waals surface area contributed by atoms with Crippen LogP contribution in [0.25, 0.3) is 0 Å². The minimum absolute atomic E-state index is 0.440. The summed E-state index contributed by atoms with van der Waals surface area (Å²) in [6.07, 6.45) is 4.56. The molecule has 70 valence electrons. The first-order chi connectivity index (χ1) is 5.24. The summed E-state index contributed by atoms with van der Waals surface area (Å²) in [5, 5.41) is 0. The van der Waals surface area contributed by atoms with Crippen molar-refractivity contribution in [2.24, 2.45) is 0 Å². The molecule has 0 saturated heterocycles. The van der Waals surface area contributed by atoms with Gasteiger partial charge in [-0.2, -0.15) is 12.8 Å². The number of halogens is 2. The summed E-state index contributed by atoms with van der Waals surface area (Å²) in [6, 6.07) is 0. The maximum atomic E-state index is 3.60. The Balaban J connectivity index is -0.0000000886. The third kappa shape index (κ3) is 72.3. The molecule has 0 bridgehead atoms. The fourth-order valence-electron chi connectivity index (χ4n) is 0. The average molecular weight is 416 g/mol. The summed E-state index contributed by atoms with van der Waals surface area (Å²) in [7, 11) is 0. The summed E-state index contributed by atoms with van der Waals surface area (Å²) in [6.45, 7) is 11.4. The van der Waals surface area contributed by atoms with Crippen LogP contribution in [0.4, 0.5) is 0 Å². The molecule has 3 heteroatoms. The van der Waals surface area contributed by atoms with E-state index >= 15 is 0 Å². The van der Waals surface area contributed by atoms with Crippen LogP contribution in [0.3, 0.4) is 0 Å². The van der Waals surface area contributed by atoms with Crippen LogP contribution in [0, 0.1) is 13.8 Å². The van der Waals surface area contributed by atoms with Gasteiger partial charge in [0, 0.05) is 0 Å². The van der Waals surface area contributed by atoms with E-state index in [2.05, 4.69) is 66.1 Å². The topological polar surface area (TPSA) is 0 Å². The van der Waals surface area contributed by atoms with Gasteiger partial charge in [0.2, 0.25) is 0 Å². The van der Waals surface area contributed by atoms with Gasteiger partial charge in [-0.25, -0.2) is 0 Å². The molecule has 0 aromatic rings. The third-order valence-corrected chi connectivity index (χ3v) is 0.707. The molecule has 0 aliphatic heterocycles. The van der Waals surface area contributed by atoms with E-state index in [9.17, 15) is 0 Å². The van der Waals surface area contributed by atoms with Crippen LogP contribution in [-0.4, -0.2) is 0 Å². The average Bonchev–Trinajstić information content (AvgIpc) is 2.06. The Morgan fingerprint density at radius 1 is 1.00 bits per heavy atom. The van der Waals surface area contributed by atoms with Crippen LogP contribution < -0.4 is 0 Å². The van der Waals surface area contributed by atoms with Crippen LogP contribution in [0.2, 0.25) is 0 Å². The van der Waals surface area contributed by atoms with Gasteiger partial charge in [0.25, 0.3) is 0 Å². The van der Waals surface area contributed by atoms with E-state index in [1.807, 2.05) is 0 Å². The van der Waals surface area contributed by atoms with E-state index in [4.69, 9.17) is 0 Å². The first kappa shape index (κ1) is 18.9. The summed E-state index contributed by atoms with van der Waals surface area (Å²) >= 11 is 5.24. The second kappa shape index (κ2) is 29.5. The number of rotatable bonds is 2. The quantitative estimate of drug-likeness (QED) is 0.338. The first-order valence-electron chi connectivity index (χ1n) is 3.79. The zero-order chi connectivity index (χ0) is 9.54. The van der Waals surface area contributed by atoms with Crippen LogP contribution in [0.5, 0.6) is 0 Å². The SMILES string of the molecule is [CH2-]CCC.[CH2-]CCC.[I][Ti][I]. The zero-order valence-electron chi connectivity index (χ0n) is 7.50. The van der Waals surface area contributed by atoms with Crippen molar-refractivity contribution in [2.75, 3.05) is 0 Å². The van der Waals surface area contributed by atoms with Gasteiger partial charge in [0.15, 0.2) is 0 Å². The van der Waals surface area contributed by atoms with E-state index in [1.165, 1.54) is 12.8 Å². The van der Waals surface area contributed by atoms with Crippen molar-refractivity contribution in [3.63, 3.8) is 0 Å². The minimum atomic E-state index is 0.440. The Labute approximate surface area is 102 Å². The molecule has 0 aromatic heterocycles. The molecule has 0 radical (unpaired) electrons. The van der Waals surface area contributed by atoms with Gasteiger partial charge in [-0.1, -0.05) is 26.7 Å².